The number of hydrogen-bond donors (Lipinski definition) is 7. The molecule has 2 heterocycles. The van der Waals surface area contributed by atoms with Gasteiger partial charge in [-0.1, -0.05) is 60.1 Å². The molecule has 0 aromatic heterocycles. The van der Waals surface area contributed by atoms with E-state index in [0.717, 1.165) is 45.6 Å². The Morgan fingerprint density at radius 3 is 2.08 bits per heavy atom. The molecular formula is C44H70O15. The first-order chi connectivity index (χ1) is 27.5. The maximum absolute atomic E-state index is 13.7. The average molecular weight is 839 g/mol. The van der Waals surface area contributed by atoms with Crippen LogP contribution in [-0.2, 0) is 38.0 Å². The summed E-state index contributed by atoms with van der Waals surface area (Å²) in [4.78, 5) is 26.5. The predicted octanol–water partition coefficient (Wildman–Crippen LogP) is 2.12. The van der Waals surface area contributed by atoms with Crippen molar-refractivity contribution in [3.05, 3.63) is 11.6 Å². The molecule has 15 heteroatoms. The Bertz CT molecular complexity index is 1630. The van der Waals surface area contributed by atoms with Crippen molar-refractivity contribution >= 4 is 11.9 Å². The number of carbonyl (C=O) groups is 2. The van der Waals surface area contributed by atoms with Crippen molar-refractivity contribution in [2.45, 2.75) is 180 Å². The zero-order valence-electron chi connectivity index (χ0n) is 36.2. The van der Waals surface area contributed by atoms with Crippen molar-refractivity contribution in [1.29, 1.82) is 0 Å². The van der Waals surface area contributed by atoms with Gasteiger partial charge in [-0.25, -0.2) is 4.79 Å². The highest BCUT2D eigenvalue weighted by Crippen LogP contribution is 2.76. The number of aliphatic hydroxyl groups is 7. The van der Waals surface area contributed by atoms with Crippen molar-refractivity contribution in [2.24, 2.45) is 50.2 Å². The van der Waals surface area contributed by atoms with Crippen LogP contribution >= 0.6 is 0 Å². The Labute approximate surface area is 347 Å². The molecule has 7 N–H and O–H groups in total. The summed E-state index contributed by atoms with van der Waals surface area (Å²) in [7, 11) is 2.56. The Hall–Kier alpha value is -1.76. The van der Waals surface area contributed by atoms with Crippen molar-refractivity contribution < 1.29 is 73.8 Å². The van der Waals surface area contributed by atoms with Gasteiger partial charge in [0.1, 0.15) is 48.1 Å². The molecule has 0 aromatic carbocycles. The molecule has 6 fully saturated rings. The van der Waals surface area contributed by atoms with Crippen molar-refractivity contribution in [3.63, 3.8) is 0 Å². The molecule has 59 heavy (non-hydrogen) atoms. The first kappa shape index (κ1) is 45.3. The van der Waals surface area contributed by atoms with Gasteiger partial charge in [0.25, 0.3) is 0 Å². The summed E-state index contributed by atoms with van der Waals surface area (Å²) in [6.07, 6.45) is -8.76. The maximum Gasteiger partial charge on any atom is 0.337 e. The van der Waals surface area contributed by atoms with Crippen LogP contribution in [0.15, 0.2) is 11.6 Å². The molecule has 7 aliphatic rings. The summed E-state index contributed by atoms with van der Waals surface area (Å²) < 4.78 is 34.7. The third-order valence-corrected chi connectivity index (χ3v) is 17.6. The van der Waals surface area contributed by atoms with Gasteiger partial charge in [-0.3, -0.25) is 4.79 Å². The Kier molecular flexibility index (Phi) is 11.9. The van der Waals surface area contributed by atoms with E-state index in [-0.39, 0.29) is 45.4 Å². The Morgan fingerprint density at radius 2 is 1.44 bits per heavy atom. The summed E-state index contributed by atoms with van der Waals surface area (Å²) in [5.74, 6) is -0.981. The lowest BCUT2D eigenvalue weighted by Gasteiger charge is -2.71. The lowest BCUT2D eigenvalue weighted by molar-refractivity contribution is -0.374. The van der Waals surface area contributed by atoms with Crippen LogP contribution in [0.3, 0.4) is 0 Å². The molecule has 19 atom stereocenters. The lowest BCUT2D eigenvalue weighted by atomic mass is 9.33. The van der Waals surface area contributed by atoms with Crippen LogP contribution in [0, 0.1) is 50.2 Å². The van der Waals surface area contributed by atoms with Crippen molar-refractivity contribution in [1.82, 2.24) is 0 Å². The number of rotatable bonds is 7. The number of methoxy groups -OCH3 is 2. The summed E-state index contributed by atoms with van der Waals surface area (Å²) in [6.45, 7) is 15.3. The molecule has 15 nitrogen and oxygen atoms in total. The topological polar surface area (TPSA) is 231 Å². The molecule has 0 aromatic rings. The van der Waals surface area contributed by atoms with Gasteiger partial charge in [-0.2, -0.15) is 0 Å². The molecule has 0 amide bonds. The lowest BCUT2D eigenvalue weighted by Crippen LogP contribution is -2.68. The molecule has 0 bridgehead atoms. The van der Waals surface area contributed by atoms with Crippen LogP contribution in [-0.4, -0.2) is 142 Å². The maximum atomic E-state index is 13.7. The Balaban J connectivity index is 1.18. The van der Waals surface area contributed by atoms with Gasteiger partial charge in [0.05, 0.1) is 33.0 Å². The predicted molar refractivity (Wildman–Crippen MR) is 209 cm³/mol. The van der Waals surface area contributed by atoms with E-state index >= 15 is 0 Å². The first-order valence-electron chi connectivity index (χ1n) is 21.7. The van der Waals surface area contributed by atoms with E-state index in [0.29, 0.717) is 19.3 Å². The molecule has 4 saturated carbocycles. The van der Waals surface area contributed by atoms with Crippen molar-refractivity contribution in [3.8, 4) is 0 Å². The third-order valence-electron chi connectivity index (χ3n) is 17.6. The highest BCUT2D eigenvalue weighted by molar-refractivity contribution is 5.79. The molecule has 7 rings (SSSR count). The first-order valence-corrected chi connectivity index (χ1v) is 21.7. The van der Waals surface area contributed by atoms with Crippen LogP contribution in [0.2, 0.25) is 0 Å². The number of aliphatic hydroxyl groups excluding tert-OH is 7. The molecular weight excluding hydrogens is 768 g/mol. The number of allylic oxidation sites excluding steroid dienone is 2. The van der Waals surface area contributed by atoms with E-state index in [1.807, 2.05) is 0 Å². The molecule has 0 spiro atoms. The molecule has 336 valence electrons. The minimum atomic E-state index is -1.82. The second-order valence-electron chi connectivity index (χ2n) is 21.2. The highest BCUT2D eigenvalue weighted by Gasteiger charge is 2.72. The number of carbonyl (C=O) groups excluding carboxylic acids is 2. The van der Waals surface area contributed by atoms with Crippen LogP contribution in [0.5, 0.6) is 0 Å². The van der Waals surface area contributed by atoms with E-state index in [9.17, 15) is 45.3 Å². The monoisotopic (exact) mass is 838 g/mol. The molecule has 2 saturated heterocycles. The minimum Gasteiger partial charge on any atom is -0.468 e. The second kappa shape index (κ2) is 15.5. The zero-order valence-corrected chi connectivity index (χ0v) is 36.2. The summed E-state index contributed by atoms with van der Waals surface area (Å²) >= 11 is 0. The molecule has 0 radical (unpaired) electrons. The summed E-state index contributed by atoms with van der Waals surface area (Å²) in [5, 5.41) is 76.0. The van der Waals surface area contributed by atoms with Gasteiger partial charge in [-0.15, -0.1) is 0 Å². The van der Waals surface area contributed by atoms with Crippen LogP contribution in [0.25, 0.3) is 0 Å². The molecule has 5 aliphatic carbocycles. The summed E-state index contributed by atoms with van der Waals surface area (Å²) in [6, 6.07) is 0. The van der Waals surface area contributed by atoms with E-state index in [2.05, 4.69) is 54.5 Å². The van der Waals surface area contributed by atoms with Gasteiger partial charge in [0.15, 0.2) is 18.7 Å². The van der Waals surface area contributed by atoms with E-state index in [4.69, 9.17) is 28.4 Å². The fourth-order valence-corrected chi connectivity index (χ4v) is 14.0. The van der Waals surface area contributed by atoms with Crippen LogP contribution in [0.1, 0.15) is 106 Å². The number of ether oxygens (including phenoxy) is 6. The van der Waals surface area contributed by atoms with Crippen LogP contribution in [0.4, 0.5) is 0 Å². The van der Waals surface area contributed by atoms with Crippen molar-refractivity contribution in [2.75, 3.05) is 20.8 Å². The fraction of sp³-hybridized carbons (Fsp3) is 0.909. The largest absolute Gasteiger partial charge is 0.468 e. The van der Waals surface area contributed by atoms with Gasteiger partial charge in [0, 0.05) is 0 Å². The highest BCUT2D eigenvalue weighted by atomic mass is 16.8. The average Bonchev–Trinajstić information content (AvgIpc) is 3.17. The normalized spacial score (nSPS) is 51.5. The second-order valence-corrected chi connectivity index (χ2v) is 21.2. The number of fused-ring (bicyclic) bond motifs is 7. The fourth-order valence-electron chi connectivity index (χ4n) is 14.0. The molecule has 0 unspecified atom stereocenters. The van der Waals surface area contributed by atoms with Gasteiger partial charge < -0.3 is 64.2 Å². The molecule has 2 aliphatic heterocycles. The standard InChI is InChI=1S/C44H70O15/c1-39(2)16-17-44(38(53)55-9)22(18-39)21-10-11-25-41(5)14-13-27(40(3,4)24(41)12-15-42(25,6)43(21,7)19-26(44)46)57-37-34(31(50)30(49)33(58-37)35(52)54-8)59-36-32(51)29(48)28(47)23(20-45)56-36/h10,22-34,36-37,45-51H,11-20H2,1-9H3/t22-,23+,24-,25+,26+,27-,28-,29-,30-,31-,32+,33-,34+,36-,37+,41-,42+,43+,44+/m0/s1. The smallest absolute Gasteiger partial charge is 0.337 e. The van der Waals surface area contributed by atoms with E-state index < -0.39 is 97.0 Å². The minimum absolute atomic E-state index is 0.0106. The third kappa shape index (κ3) is 6.69. The van der Waals surface area contributed by atoms with E-state index in [1.54, 1.807) is 0 Å². The van der Waals surface area contributed by atoms with Gasteiger partial charge in [-0.05, 0) is 103 Å². The number of hydrogen-bond acceptors (Lipinski definition) is 15. The van der Waals surface area contributed by atoms with Crippen LogP contribution < -0.4 is 0 Å². The summed E-state index contributed by atoms with van der Waals surface area (Å²) in [5.41, 5.74) is -0.867. The van der Waals surface area contributed by atoms with Gasteiger partial charge >= 0.3 is 11.9 Å². The van der Waals surface area contributed by atoms with Gasteiger partial charge in [0.2, 0.25) is 0 Å². The Morgan fingerprint density at radius 1 is 0.746 bits per heavy atom. The van der Waals surface area contributed by atoms with E-state index in [1.165, 1.54) is 12.7 Å². The quantitative estimate of drug-likeness (QED) is 0.111. The number of esters is 2. The zero-order chi connectivity index (χ0) is 43.4. The SMILES string of the molecule is COC(=O)[C@H]1O[C@@H](O[C@H]2CC[C@]3(C)[C@H]4CC=C5[C@@H]6CC(C)(C)CC[C@]6(C(=O)OC)[C@H](O)C[C@@]5(C)[C@]4(C)CC[C@H]3C2(C)C)[C@H](O[C@@H]2O[C@H](CO)[C@H](O)[C@H](O)[C@H]2O)[C@@H](O)[C@@H]1O.